The monoisotopic (exact) mass is 364 g/mol. The number of hydrogen-bond acceptors (Lipinski definition) is 4. The zero-order chi connectivity index (χ0) is 17.5. The Kier molecular flexibility index (Phi) is 3.64. The Hall–Kier alpha value is -2.86. The van der Waals surface area contributed by atoms with Gasteiger partial charge >= 0.3 is 0 Å². The first-order chi connectivity index (χ1) is 12.8. The molecule has 6 nitrogen and oxygen atoms in total. The van der Waals surface area contributed by atoms with E-state index in [0.717, 1.165) is 22.7 Å². The predicted molar refractivity (Wildman–Crippen MR) is 101 cm³/mol. The molecule has 3 heterocycles. The lowest BCUT2D eigenvalue weighted by molar-refractivity contribution is 0.878. The van der Waals surface area contributed by atoms with Gasteiger partial charge in [0.15, 0.2) is 5.65 Å². The van der Waals surface area contributed by atoms with E-state index in [4.69, 9.17) is 11.6 Å². The van der Waals surface area contributed by atoms with Crippen LogP contribution in [0.3, 0.4) is 0 Å². The van der Waals surface area contributed by atoms with Crippen LogP contribution < -0.4 is 5.32 Å². The molecule has 1 N–H and O–H groups in total. The van der Waals surface area contributed by atoms with Crippen molar-refractivity contribution in [1.82, 2.24) is 24.4 Å². The van der Waals surface area contributed by atoms with Gasteiger partial charge in [-0.05, 0) is 42.5 Å². The van der Waals surface area contributed by atoms with E-state index in [1.165, 1.54) is 18.4 Å². The first-order valence-corrected chi connectivity index (χ1v) is 9.03. The number of aromatic nitrogens is 5. The molecular weight excluding hydrogens is 348 g/mol. The number of rotatable bonds is 5. The molecule has 0 saturated heterocycles. The van der Waals surface area contributed by atoms with Gasteiger partial charge in [-0.2, -0.15) is 14.7 Å². The summed E-state index contributed by atoms with van der Waals surface area (Å²) < 4.78 is 3.68. The molecule has 3 aromatic heterocycles. The van der Waals surface area contributed by atoms with Crippen molar-refractivity contribution in [1.29, 1.82) is 0 Å². The summed E-state index contributed by atoms with van der Waals surface area (Å²) in [7, 11) is 0. The average molecular weight is 365 g/mol. The minimum atomic E-state index is 0.483. The summed E-state index contributed by atoms with van der Waals surface area (Å²) in [5.41, 5.74) is 4.25. The van der Waals surface area contributed by atoms with E-state index in [0.29, 0.717) is 17.6 Å². The van der Waals surface area contributed by atoms with Crippen molar-refractivity contribution < 1.29 is 0 Å². The van der Waals surface area contributed by atoms with Gasteiger partial charge in [0.2, 0.25) is 0 Å². The summed E-state index contributed by atoms with van der Waals surface area (Å²) in [6, 6.07) is 12.0. The molecule has 130 valence electrons. The van der Waals surface area contributed by atoms with E-state index in [9.17, 15) is 0 Å². The standard InChI is InChI=1S/C19H17ClN6/c20-17-10-18(26-19(24-17)16(12-23-26)14-4-5-14)21-11-13-2-6-15(7-3-13)25-9-1-8-22-25/h1-3,6-10,12,14,21H,4-5,11H2. The molecule has 0 radical (unpaired) electrons. The Bertz CT molecular complexity index is 1050. The SMILES string of the molecule is Clc1cc(NCc2ccc(-n3cccn3)cc2)n2ncc(C3CC3)c2n1. The molecular formula is C19H17ClN6. The maximum atomic E-state index is 6.24. The van der Waals surface area contributed by atoms with Crippen LogP contribution in [0.4, 0.5) is 5.82 Å². The fourth-order valence-corrected chi connectivity index (χ4v) is 3.32. The number of benzene rings is 1. The molecule has 1 fully saturated rings. The first-order valence-electron chi connectivity index (χ1n) is 8.65. The Morgan fingerprint density at radius 2 is 2.00 bits per heavy atom. The largest absolute Gasteiger partial charge is 0.366 e. The topological polar surface area (TPSA) is 60.0 Å². The van der Waals surface area contributed by atoms with Crippen LogP contribution in [0.2, 0.25) is 5.15 Å². The van der Waals surface area contributed by atoms with Gasteiger partial charge in [0.25, 0.3) is 0 Å². The van der Waals surface area contributed by atoms with Crippen LogP contribution in [-0.4, -0.2) is 24.4 Å². The maximum absolute atomic E-state index is 6.24. The molecule has 0 unspecified atom stereocenters. The quantitative estimate of drug-likeness (QED) is 0.542. The van der Waals surface area contributed by atoms with Gasteiger partial charge in [0.1, 0.15) is 11.0 Å². The summed E-state index contributed by atoms with van der Waals surface area (Å²) in [5, 5.41) is 12.7. The van der Waals surface area contributed by atoms with Crippen LogP contribution in [0, 0.1) is 0 Å². The second-order valence-electron chi connectivity index (χ2n) is 6.54. The fourth-order valence-electron chi connectivity index (χ4n) is 3.14. The molecule has 0 atom stereocenters. The molecule has 1 aromatic carbocycles. The Labute approximate surface area is 155 Å². The predicted octanol–water partition coefficient (Wildman–Crippen LogP) is 4.06. The molecule has 26 heavy (non-hydrogen) atoms. The molecule has 7 heteroatoms. The summed E-state index contributed by atoms with van der Waals surface area (Å²) in [5.74, 6) is 1.43. The van der Waals surface area contributed by atoms with E-state index < -0.39 is 0 Å². The van der Waals surface area contributed by atoms with Crippen molar-refractivity contribution in [3.05, 3.63) is 71.3 Å². The molecule has 4 aromatic rings. The summed E-state index contributed by atoms with van der Waals surface area (Å²) in [4.78, 5) is 4.47. The van der Waals surface area contributed by atoms with Crippen LogP contribution >= 0.6 is 11.6 Å². The van der Waals surface area contributed by atoms with Crippen molar-refractivity contribution in [2.45, 2.75) is 25.3 Å². The Morgan fingerprint density at radius 3 is 2.73 bits per heavy atom. The summed E-state index contributed by atoms with van der Waals surface area (Å²) in [6.07, 6.45) is 8.04. The zero-order valence-corrected chi connectivity index (χ0v) is 14.8. The van der Waals surface area contributed by atoms with Crippen LogP contribution in [0.15, 0.2) is 55.0 Å². The van der Waals surface area contributed by atoms with Gasteiger partial charge in [-0.3, -0.25) is 0 Å². The molecule has 0 amide bonds. The fraction of sp³-hybridized carbons (Fsp3) is 0.211. The number of anilines is 1. The van der Waals surface area contributed by atoms with Gasteiger partial charge in [-0.25, -0.2) is 9.67 Å². The van der Waals surface area contributed by atoms with Gasteiger partial charge < -0.3 is 5.32 Å². The lowest BCUT2D eigenvalue weighted by Gasteiger charge is -2.10. The number of nitrogens with zero attached hydrogens (tertiary/aromatic N) is 5. The smallest absolute Gasteiger partial charge is 0.162 e. The third-order valence-corrected chi connectivity index (χ3v) is 4.86. The van der Waals surface area contributed by atoms with Gasteiger partial charge in [-0.1, -0.05) is 23.7 Å². The molecule has 0 spiro atoms. The van der Waals surface area contributed by atoms with E-state index >= 15 is 0 Å². The number of nitrogens with one attached hydrogen (secondary N) is 1. The van der Waals surface area contributed by atoms with Gasteiger partial charge in [-0.15, -0.1) is 0 Å². The normalized spacial score (nSPS) is 14.0. The lowest BCUT2D eigenvalue weighted by Crippen LogP contribution is -2.06. The molecule has 0 aliphatic heterocycles. The highest BCUT2D eigenvalue weighted by Crippen LogP contribution is 2.42. The van der Waals surface area contributed by atoms with E-state index in [1.54, 1.807) is 6.20 Å². The van der Waals surface area contributed by atoms with Crippen LogP contribution in [-0.2, 0) is 6.54 Å². The highest BCUT2D eigenvalue weighted by Gasteiger charge is 2.28. The van der Waals surface area contributed by atoms with Crippen LogP contribution in [0.25, 0.3) is 11.3 Å². The second-order valence-corrected chi connectivity index (χ2v) is 6.93. The maximum Gasteiger partial charge on any atom is 0.162 e. The second kappa shape index (κ2) is 6.14. The van der Waals surface area contributed by atoms with Crippen molar-refractivity contribution in [2.75, 3.05) is 5.32 Å². The zero-order valence-electron chi connectivity index (χ0n) is 14.0. The van der Waals surface area contributed by atoms with Crippen molar-refractivity contribution in [3.8, 4) is 5.69 Å². The highest BCUT2D eigenvalue weighted by molar-refractivity contribution is 6.29. The number of halogens is 1. The van der Waals surface area contributed by atoms with Crippen molar-refractivity contribution >= 4 is 23.1 Å². The minimum Gasteiger partial charge on any atom is -0.366 e. The third kappa shape index (κ3) is 2.82. The Morgan fingerprint density at radius 1 is 1.15 bits per heavy atom. The first kappa shape index (κ1) is 15.4. The van der Waals surface area contributed by atoms with Crippen LogP contribution in [0.1, 0.15) is 29.9 Å². The molecule has 1 saturated carbocycles. The van der Waals surface area contributed by atoms with E-state index in [2.05, 4.69) is 44.8 Å². The van der Waals surface area contributed by atoms with Crippen molar-refractivity contribution in [2.24, 2.45) is 0 Å². The molecule has 5 rings (SSSR count). The van der Waals surface area contributed by atoms with E-state index in [1.807, 2.05) is 33.7 Å². The van der Waals surface area contributed by atoms with Gasteiger partial charge in [0, 0.05) is 30.6 Å². The minimum absolute atomic E-state index is 0.483. The highest BCUT2D eigenvalue weighted by atomic mass is 35.5. The van der Waals surface area contributed by atoms with Crippen molar-refractivity contribution in [3.63, 3.8) is 0 Å². The number of hydrogen-bond donors (Lipinski definition) is 1. The molecule has 0 bridgehead atoms. The van der Waals surface area contributed by atoms with E-state index in [-0.39, 0.29) is 0 Å². The number of fused-ring (bicyclic) bond motifs is 1. The average Bonchev–Trinajstić information content (AvgIpc) is 3.18. The third-order valence-electron chi connectivity index (χ3n) is 4.66. The molecule has 1 aliphatic carbocycles. The lowest BCUT2D eigenvalue weighted by atomic mass is 10.2. The summed E-state index contributed by atoms with van der Waals surface area (Å²) >= 11 is 6.24. The van der Waals surface area contributed by atoms with Crippen LogP contribution in [0.5, 0.6) is 0 Å². The Balaban J connectivity index is 1.38. The molecule has 1 aliphatic rings. The summed E-state index contributed by atoms with van der Waals surface area (Å²) in [6.45, 7) is 0.674. The van der Waals surface area contributed by atoms with Gasteiger partial charge in [0.05, 0.1) is 11.9 Å².